The molecule has 2 atom stereocenters. The van der Waals surface area contributed by atoms with Gasteiger partial charge in [0.2, 0.25) is 21.8 Å². The Morgan fingerprint density at radius 1 is 0.949 bits per heavy atom. The van der Waals surface area contributed by atoms with Crippen LogP contribution in [0.1, 0.15) is 37.0 Å². The lowest BCUT2D eigenvalue weighted by atomic mass is 10.0. The van der Waals surface area contributed by atoms with Crippen LogP contribution in [0.3, 0.4) is 0 Å². The summed E-state index contributed by atoms with van der Waals surface area (Å²) in [4.78, 5) is 29.2. The lowest BCUT2D eigenvalue weighted by Crippen LogP contribution is -2.54. The van der Waals surface area contributed by atoms with Crippen molar-refractivity contribution in [2.45, 2.75) is 52.2 Å². The van der Waals surface area contributed by atoms with Crippen molar-refractivity contribution in [3.8, 4) is 0 Å². The molecular weight excluding hydrogens is 534 g/mol. The first-order chi connectivity index (χ1) is 18.5. The average molecular weight is 570 g/mol. The zero-order chi connectivity index (χ0) is 28.6. The number of nitrogens with one attached hydrogen (secondary N) is 1. The Morgan fingerprint density at radius 3 is 2.15 bits per heavy atom. The van der Waals surface area contributed by atoms with E-state index < -0.39 is 28.5 Å². The summed E-state index contributed by atoms with van der Waals surface area (Å²) in [6.45, 7) is 5.52. The van der Waals surface area contributed by atoms with E-state index in [2.05, 4.69) is 5.32 Å². The van der Waals surface area contributed by atoms with E-state index in [0.29, 0.717) is 10.7 Å². The predicted molar refractivity (Wildman–Crippen MR) is 157 cm³/mol. The Hall–Kier alpha value is -3.36. The van der Waals surface area contributed by atoms with Crippen molar-refractivity contribution < 1.29 is 18.0 Å². The van der Waals surface area contributed by atoms with Gasteiger partial charge in [-0.3, -0.25) is 13.9 Å². The van der Waals surface area contributed by atoms with Crippen LogP contribution >= 0.6 is 11.6 Å². The van der Waals surface area contributed by atoms with Gasteiger partial charge in [0, 0.05) is 24.0 Å². The normalized spacial score (nSPS) is 12.8. The molecule has 0 saturated carbocycles. The minimum absolute atomic E-state index is 0.0900. The number of rotatable bonds is 12. The molecule has 1 N–H and O–H groups in total. The Labute approximate surface area is 236 Å². The number of sulfonamides is 1. The summed E-state index contributed by atoms with van der Waals surface area (Å²) in [6.07, 6.45) is 2.06. The van der Waals surface area contributed by atoms with Crippen LogP contribution in [0.5, 0.6) is 0 Å². The van der Waals surface area contributed by atoms with Crippen LogP contribution in [0, 0.1) is 6.92 Å². The lowest BCUT2D eigenvalue weighted by Gasteiger charge is -2.34. The second-order valence-electron chi connectivity index (χ2n) is 9.72. The molecule has 0 spiro atoms. The Balaban J connectivity index is 2.06. The number of benzene rings is 3. The Bertz CT molecular complexity index is 1360. The first kappa shape index (κ1) is 30.2. The van der Waals surface area contributed by atoms with Crippen LogP contribution < -0.4 is 9.62 Å². The molecule has 9 heteroatoms. The van der Waals surface area contributed by atoms with Crippen molar-refractivity contribution in [3.63, 3.8) is 0 Å². The fourth-order valence-electron chi connectivity index (χ4n) is 4.19. The number of halogens is 1. The minimum Gasteiger partial charge on any atom is -0.352 e. The molecule has 3 rings (SSSR count). The van der Waals surface area contributed by atoms with Gasteiger partial charge < -0.3 is 10.2 Å². The maximum Gasteiger partial charge on any atom is 0.244 e. The molecule has 0 radical (unpaired) electrons. The maximum absolute atomic E-state index is 14.1. The highest BCUT2D eigenvalue weighted by atomic mass is 35.5. The monoisotopic (exact) mass is 569 g/mol. The van der Waals surface area contributed by atoms with E-state index in [0.717, 1.165) is 33.7 Å². The summed E-state index contributed by atoms with van der Waals surface area (Å²) >= 11 is 6.01. The summed E-state index contributed by atoms with van der Waals surface area (Å²) in [5.74, 6) is -0.772. The molecule has 208 valence electrons. The molecule has 39 heavy (non-hydrogen) atoms. The van der Waals surface area contributed by atoms with E-state index in [1.165, 1.54) is 4.90 Å². The maximum atomic E-state index is 14.1. The van der Waals surface area contributed by atoms with Crippen LogP contribution in [0.2, 0.25) is 5.02 Å². The summed E-state index contributed by atoms with van der Waals surface area (Å²) in [5.41, 5.74) is 3.04. The molecule has 3 aromatic carbocycles. The molecule has 0 aliphatic carbocycles. The third-order valence-corrected chi connectivity index (χ3v) is 8.06. The second-order valence-corrected chi connectivity index (χ2v) is 12.1. The molecule has 0 heterocycles. The van der Waals surface area contributed by atoms with E-state index in [1.807, 2.05) is 75.4 Å². The number of anilines is 1. The van der Waals surface area contributed by atoms with Crippen LogP contribution in [0.15, 0.2) is 78.9 Å². The largest absolute Gasteiger partial charge is 0.352 e. The summed E-state index contributed by atoms with van der Waals surface area (Å²) in [5, 5.41) is 3.48. The third kappa shape index (κ3) is 8.57. The van der Waals surface area contributed by atoms with Crippen molar-refractivity contribution in [2.24, 2.45) is 0 Å². The van der Waals surface area contributed by atoms with Crippen LogP contribution in [-0.2, 0) is 32.6 Å². The third-order valence-electron chi connectivity index (χ3n) is 6.67. The molecule has 3 aromatic rings. The van der Waals surface area contributed by atoms with Crippen molar-refractivity contribution in [3.05, 3.63) is 101 Å². The molecule has 2 unspecified atom stereocenters. The van der Waals surface area contributed by atoms with Gasteiger partial charge in [0.05, 0.1) is 11.9 Å². The van der Waals surface area contributed by atoms with Crippen molar-refractivity contribution >= 4 is 39.1 Å². The molecule has 0 aliphatic heterocycles. The minimum atomic E-state index is -3.83. The fraction of sp³-hybridized carbons (Fsp3) is 0.333. The van der Waals surface area contributed by atoms with Gasteiger partial charge >= 0.3 is 0 Å². The lowest BCUT2D eigenvalue weighted by molar-refractivity contribution is -0.140. The molecule has 0 aromatic heterocycles. The number of nitrogens with zero attached hydrogens (tertiary/aromatic N) is 2. The van der Waals surface area contributed by atoms with Crippen LogP contribution in [-0.4, -0.2) is 50.0 Å². The first-order valence-electron chi connectivity index (χ1n) is 12.9. The summed E-state index contributed by atoms with van der Waals surface area (Å²) in [6, 6.07) is 22.4. The molecule has 0 fully saturated rings. The number of hydrogen-bond acceptors (Lipinski definition) is 4. The van der Waals surface area contributed by atoms with Crippen LogP contribution in [0.4, 0.5) is 5.69 Å². The molecule has 2 amide bonds. The van der Waals surface area contributed by atoms with Gasteiger partial charge in [-0.15, -0.1) is 0 Å². The van der Waals surface area contributed by atoms with Gasteiger partial charge in [-0.1, -0.05) is 73.1 Å². The average Bonchev–Trinajstić information content (AvgIpc) is 2.90. The molecular formula is C30H36ClN3O4S. The standard InChI is InChI=1S/C30H36ClN3O4S/c1-5-23(3)32-30(36)28(19-24-12-7-6-8-13-24)33(20-25-14-10-9-11-22(25)2)29(35)21-34(39(4,37)38)27-17-15-26(31)16-18-27/h6-18,23,28H,5,19-21H2,1-4H3,(H,32,36). The molecule has 7 nitrogen and oxygen atoms in total. The van der Waals surface area contributed by atoms with Gasteiger partial charge in [-0.05, 0) is 61.2 Å². The Kier molecular flexibility index (Phi) is 10.5. The van der Waals surface area contributed by atoms with Gasteiger partial charge in [0.15, 0.2) is 0 Å². The topological polar surface area (TPSA) is 86.8 Å². The summed E-state index contributed by atoms with van der Waals surface area (Å²) in [7, 11) is -3.83. The van der Waals surface area contributed by atoms with E-state index >= 15 is 0 Å². The molecule has 0 bridgehead atoms. The fourth-order valence-corrected chi connectivity index (χ4v) is 5.16. The number of hydrogen-bond donors (Lipinski definition) is 1. The molecule has 0 saturated heterocycles. The van der Waals surface area contributed by atoms with Gasteiger partial charge in [-0.25, -0.2) is 8.42 Å². The van der Waals surface area contributed by atoms with E-state index in [1.54, 1.807) is 24.3 Å². The first-order valence-corrected chi connectivity index (χ1v) is 15.1. The van der Waals surface area contributed by atoms with Gasteiger partial charge in [0.1, 0.15) is 12.6 Å². The molecule has 0 aliphatic rings. The van der Waals surface area contributed by atoms with Crippen molar-refractivity contribution in [2.75, 3.05) is 17.1 Å². The predicted octanol–water partition coefficient (Wildman–Crippen LogP) is 4.97. The zero-order valence-electron chi connectivity index (χ0n) is 22.8. The highest BCUT2D eigenvalue weighted by Gasteiger charge is 2.33. The summed E-state index contributed by atoms with van der Waals surface area (Å²) < 4.78 is 26.7. The van der Waals surface area contributed by atoms with Crippen molar-refractivity contribution in [1.29, 1.82) is 0 Å². The van der Waals surface area contributed by atoms with E-state index in [-0.39, 0.29) is 24.9 Å². The highest BCUT2D eigenvalue weighted by molar-refractivity contribution is 7.92. The number of carbonyl (C=O) groups excluding carboxylic acids is 2. The van der Waals surface area contributed by atoms with Gasteiger partial charge in [-0.2, -0.15) is 0 Å². The van der Waals surface area contributed by atoms with Crippen molar-refractivity contribution in [1.82, 2.24) is 10.2 Å². The number of aryl methyl sites for hydroxylation is 1. The van der Waals surface area contributed by atoms with Gasteiger partial charge in [0.25, 0.3) is 0 Å². The van der Waals surface area contributed by atoms with E-state index in [9.17, 15) is 18.0 Å². The van der Waals surface area contributed by atoms with Crippen LogP contribution in [0.25, 0.3) is 0 Å². The quantitative estimate of drug-likeness (QED) is 0.334. The SMILES string of the molecule is CCC(C)NC(=O)C(Cc1ccccc1)N(Cc1ccccc1C)C(=O)CN(c1ccc(Cl)cc1)S(C)(=O)=O. The highest BCUT2D eigenvalue weighted by Crippen LogP contribution is 2.23. The smallest absolute Gasteiger partial charge is 0.244 e. The number of carbonyl (C=O) groups is 2. The van der Waals surface area contributed by atoms with E-state index in [4.69, 9.17) is 11.6 Å². The zero-order valence-corrected chi connectivity index (χ0v) is 24.4. The number of amides is 2. The second kappa shape index (κ2) is 13.6. The Morgan fingerprint density at radius 2 is 1.56 bits per heavy atom.